The van der Waals surface area contributed by atoms with E-state index in [0.717, 1.165) is 4.31 Å². The van der Waals surface area contributed by atoms with Gasteiger partial charge in [-0.2, -0.15) is 0 Å². The number of nitrogens with two attached hydrogens (primary N) is 1. The standard InChI is InChI=1S/C22H24N8O6S/c1-29(2)37(33,34)16-9-8-15(17-18(16)28-36-27-17)25-11-10-24-12-26-19-20(30(23)35-3)22(32)14-7-5-4-6-13(14)21(19)31/h4-9,24H,10-12H2,1-3H3,(H2-,23,25,26,28,32)/p+2. The number of quaternary nitrogens is 1. The van der Waals surface area contributed by atoms with E-state index in [0.29, 0.717) is 23.6 Å². The van der Waals surface area contributed by atoms with E-state index in [1.54, 1.807) is 35.6 Å². The van der Waals surface area contributed by atoms with E-state index in [1.165, 1.54) is 27.3 Å². The number of benzene rings is 2. The van der Waals surface area contributed by atoms with Crippen molar-refractivity contribution < 1.29 is 37.7 Å². The zero-order valence-electron chi connectivity index (χ0n) is 20.3. The van der Waals surface area contributed by atoms with Gasteiger partial charge < -0.3 is 5.32 Å². The molecule has 1 heterocycles. The molecule has 15 heteroatoms. The molecule has 2 aromatic carbocycles. The molecule has 14 nitrogen and oxygen atoms in total. The Morgan fingerprint density at radius 1 is 1.05 bits per heavy atom. The Hall–Kier alpha value is -4.05. The molecule has 37 heavy (non-hydrogen) atoms. The lowest BCUT2D eigenvalue weighted by Gasteiger charge is -2.14. The smallest absolute Gasteiger partial charge is 0.382 e. The lowest BCUT2D eigenvalue weighted by Crippen LogP contribution is -2.87. The second-order valence-corrected chi connectivity index (χ2v) is 10.3. The molecule has 0 aliphatic heterocycles. The molecule has 1 aliphatic carbocycles. The van der Waals surface area contributed by atoms with Crippen molar-refractivity contribution in [3.05, 3.63) is 58.9 Å². The fraction of sp³-hybridized carbons (Fsp3) is 0.273. The molecule has 194 valence electrons. The van der Waals surface area contributed by atoms with Crippen molar-refractivity contribution in [3.63, 3.8) is 0 Å². The monoisotopic (exact) mass is 530 g/mol. The van der Waals surface area contributed by atoms with Crippen molar-refractivity contribution in [1.29, 1.82) is 5.53 Å². The third-order valence-corrected chi connectivity index (χ3v) is 7.57. The van der Waals surface area contributed by atoms with Crippen LogP contribution in [0.3, 0.4) is 0 Å². The van der Waals surface area contributed by atoms with Crippen molar-refractivity contribution >= 4 is 38.3 Å². The van der Waals surface area contributed by atoms with Crippen molar-refractivity contribution in [3.8, 4) is 0 Å². The van der Waals surface area contributed by atoms with E-state index in [4.69, 9.17) is 15.0 Å². The van der Waals surface area contributed by atoms with Gasteiger partial charge in [-0.25, -0.2) is 22.2 Å². The van der Waals surface area contributed by atoms with Gasteiger partial charge in [0.2, 0.25) is 10.0 Å². The number of carbonyl (C=O) groups is 2. The number of hydrogen-bond acceptors (Lipinski definition) is 11. The molecular formula is C22H26N8O6S+2. The van der Waals surface area contributed by atoms with Crippen molar-refractivity contribution in [2.75, 3.05) is 46.3 Å². The Kier molecular flexibility index (Phi) is 7.40. The third kappa shape index (κ3) is 4.84. The molecule has 1 aromatic heterocycles. The highest BCUT2D eigenvalue weighted by molar-refractivity contribution is 7.89. The average Bonchev–Trinajstić information content (AvgIpc) is 3.38. The van der Waals surface area contributed by atoms with Gasteiger partial charge in [0.1, 0.15) is 16.4 Å². The summed E-state index contributed by atoms with van der Waals surface area (Å²) in [7, 11) is 0.363. The largest absolute Gasteiger partial charge is 0.400 e. The minimum Gasteiger partial charge on any atom is -0.382 e. The van der Waals surface area contributed by atoms with Crippen LogP contribution in [0.15, 0.2) is 57.3 Å². The third-order valence-electron chi connectivity index (χ3n) is 5.72. The Morgan fingerprint density at radius 2 is 1.73 bits per heavy atom. The molecule has 1 aliphatic rings. The molecule has 0 radical (unpaired) electrons. The molecule has 4 rings (SSSR count). The normalized spacial score (nSPS) is 13.8. The quantitative estimate of drug-likeness (QED) is 0.0856. The van der Waals surface area contributed by atoms with Crippen LogP contribution < -0.4 is 16.0 Å². The summed E-state index contributed by atoms with van der Waals surface area (Å²) in [6.07, 6.45) is 0. The molecule has 0 bridgehead atoms. The number of carbonyl (C=O) groups excluding carboxylic acids is 2. The number of anilines is 1. The maximum atomic E-state index is 13.0. The molecule has 0 amide bonds. The highest BCUT2D eigenvalue weighted by atomic mass is 32.2. The fourth-order valence-corrected chi connectivity index (χ4v) is 4.83. The van der Waals surface area contributed by atoms with Crippen LogP contribution in [0, 0.1) is 5.53 Å². The van der Waals surface area contributed by atoms with Crippen LogP contribution >= 0.6 is 0 Å². The lowest BCUT2D eigenvalue weighted by atomic mass is 9.90. The number of allylic oxidation sites excluding steroid dienone is 2. The molecule has 0 unspecified atom stereocenters. The highest BCUT2D eigenvalue weighted by Crippen LogP contribution is 2.28. The second-order valence-electron chi connectivity index (χ2n) is 8.14. The first-order valence-corrected chi connectivity index (χ1v) is 12.6. The number of hydrogen-bond donors (Lipinski definition) is 4. The number of nitrogens with one attached hydrogen (secondary N) is 3. The first-order valence-electron chi connectivity index (χ1n) is 11.1. The molecule has 0 fully saturated rings. The number of hydroxylamine groups is 1. The van der Waals surface area contributed by atoms with E-state index in [1.807, 2.05) is 0 Å². The average molecular weight is 531 g/mol. The van der Waals surface area contributed by atoms with Crippen molar-refractivity contribution in [2.24, 2.45) is 0 Å². The predicted octanol–water partition coefficient (Wildman–Crippen LogP) is -0.109. The maximum Gasteiger partial charge on any atom is 0.400 e. The minimum atomic E-state index is -3.73. The van der Waals surface area contributed by atoms with Gasteiger partial charge in [-0.3, -0.25) is 20.2 Å². The second kappa shape index (κ2) is 10.5. The number of ketones is 2. The SMILES string of the molecule is CO[N+](=N)C1=C([NH2+]CNCCNc2ccc(S(=O)(=O)N(C)C)c3nonc23)C(=O)c2ccccc2C1=O. The van der Waals surface area contributed by atoms with E-state index >= 15 is 0 Å². The lowest BCUT2D eigenvalue weighted by molar-refractivity contribution is -0.810. The predicted molar refractivity (Wildman–Crippen MR) is 128 cm³/mol. The van der Waals surface area contributed by atoms with E-state index in [9.17, 15) is 18.0 Å². The molecule has 0 spiro atoms. The fourth-order valence-electron chi connectivity index (χ4n) is 3.82. The van der Waals surface area contributed by atoms with Gasteiger partial charge in [0.15, 0.2) is 18.1 Å². The van der Waals surface area contributed by atoms with E-state index < -0.39 is 15.8 Å². The van der Waals surface area contributed by atoms with Crippen molar-refractivity contribution in [1.82, 2.24) is 19.9 Å². The van der Waals surface area contributed by atoms with E-state index in [-0.39, 0.29) is 50.9 Å². The highest BCUT2D eigenvalue weighted by Gasteiger charge is 2.44. The molecular weight excluding hydrogens is 504 g/mol. The first kappa shape index (κ1) is 26.0. The van der Waals surface area contributed by atoms with Gasteiger partial charge in [-0.15, -0.1) is 0 Å². The van der Waals surface area contributed by atoms with Crippen LogP contribution in [0.5, 0.6) is 0 Å². The summed E-state index contributed by atoms with van der Waals surface area (Å²) >= 11 is 0. The van der Waals surface area contributed by atoms with E-state index in [2.05, 4.69) is 20.9 Å². The molecule has 3 aromatic rings. The van der Waals surface area contributed by atoms with Gasteiger partial charge >= 0.3 is 5.70 Å². The topological polar surface area (TPSA) is 187 Å². The summed E-state index contributed by atoms with van der Waals surface area (Å²) in [5.74, 6) is -0.835. The summed E-state index contributed by atoms with van der Waals surface area (Å²) in [4.78, 5) is 31.3. The molecule has 0 saturated carbocycles. The first-order chi connectivity index (χ1) is 17.7. The molecule has 0 atom stereocenters. The number of aromatic nitrogens is 2. The summed E-state index contributed by atoms with van der Waals surface area (Å²) in [6, 6.07) is 9.48. The number of rotatable bonds is 11. The summed E-state index contributed by atoms with van der Waals surface area (Å²) in [5.41, 5.74) is 9.32. The zero-order valence-corrected chi connectivity index (χ0v) is 21.1. The molecule has 0 saturated heterocycles. The van der Waals surface area contributed by atoms with Gasteiger partial charge in [0, 0.05) is 38.3 Å². The number of Topliss-reactive ketones (excluding diaryl/α,β-unsaturated/α-hetero) is 2. The van der Waals surface area contributed by atoms with Crippen LogP contribution in [0.2, 0.25) is 0 Å². The molecule has 5 N–H and O–H groups in total. The van der Waals surface area contributed by atoms with Crippen LogP contribution in [0.25, 0.3) is 11.0 Å². The Bertz CT molecular complexity index is 1530. The number of nitrogens with zero attached hydrogens (tertiary/aromatic N) is 4. The van der Waals surface area contributed by atoms with Gasteiger partial charge in [0.05, 0.1) is 5.69 Å². The van der Waals surface area contributed by atoms with Crippen LogP contribution in [0.1, 0.15) is 20.7 Å². The van der Waals surface area contributed by atoms with Gasteiger partial charge in [0.25, 0.3) is 17.3 Å². The van der Waals surface area contributed by atoms with Crippen molar-refractivity contribution in [2.45, 2.75) is 4.90 Å². The van der Waals surface area contributed by atoms with Crippen LogP contribution in [-0.2, 0) is 14.9 Å². The number of fused-ring (bicyclic) bond motifs is 2. The Morgan fingerprint density at radius 3 is 2.41 bits per heavy atom. The Labute approximate surface area is 211 Å². The van der Waals surface area contributed by atoms with Crippen LogP contribution in [0.4, 0.5) is 5.69 Å². The van der Waals surface area contributed by atoms with Crippen LogP contribution in [-0.4, -0.2) is 80.4 Å². The minimum absolute atomic E-state index is 0.0103. The van der Waals surface area contributed by atoms with Gasteiger partial charge in [-0.1, -0.05) is 24.3 Å². The number of sulfonamides is 1. The Balaban J connectivity index is 1.40. The summed E-state index contributed by atoms with van der Waals surface area (Å²) in [5, 5.41) is 15.4. The zero-order chi connectivity index (χ0) is 26.7. The maximum absolute atomic E-state index is 13.0. The van der Waals surface area contributed by atoms with Gasteiger partial charge in [-0.05, 0) is 28.0 Å². The summed E-state index contributed by atoms with van der Waals surface area (Å²) in [6.45, 7) is 1.09. The summed E-state index contributed by atoms with van der Waals surface area (Å²) < 4.78 is 30.9.